The third kappa shape index (κ3) is 3.36. The van der Waals surface area contributed by atoms with Gasteiger partial charge in [-0.3, -0.25) is 9.59 Å². The van der Waals surface area contributed by atoms with Gasteiger partial charge in [0.05, 0.1) is 6.42 Å². The monoisotopic (exact) mass is 275 g/mol. The summed E-state index contributed by atoms with van der Waals surface area (Å²) in [5.41, 5.74) is 1.55. The van der Waals surface area contributed by atoms with Crippen molar-refractivity contribution in [2.75, 3.05) is 25.5 Å². The van der Waals surface area contributed by atoms with Gasteiger partial charge in [-0.05, 0) is 30.6 Å². The van der Waals surface area contributed by atoms with E-state index < -0.39 is 0 Å². The van der Waals surface area contributed by atoms with Gasteiger partial charge in [0, 0.05) is 18.7 Å². The molecule has 3 N–H and O–H groups in total. The molecule has 0 radical (unpaired) electrons. The number of carbonyl (C=O) groups is 2. The number of likely N-dealkylation sites (N-methyl/N-ethyl adjacent to an activating group) is 1. The number of benzene rings is 1. The first-order chi connectivity index (χ1) is 9.61. The Kier molecular flexibility index (Phi) is 4.74. The summed E-state index contributed by atoms with van der Waals surface area (Å²) >= 11 is 0. The van der Waals surface area contributed by atoms with Crippen molar-refractivity contribution >= 4 is 17.5 Å². The van der Waals surface area contributed by atoms with Crippen molar-refractivity contribution in [1.82, 2.24) is 10.6 Å². The van der Waals surface area contributed by atoms with E-state index in [0.717, 1.165) is 24.3 Å². The van der Waals surface area contributed by atoms with Crippen LogP contribution >= 0.6 is 0 Å². The molecule has 5 heteroatoms. The van der Waals surface area contributed by atoms with Crippen molar-refractivity contribution in [3.63, 3.8) is 0 Å². The molecule has 1 aliphatic rings. The van der Waals surface area contributed by atoms with Crippen LogP contribution in [0.2, 0.25) is 0 Å². The van der Waals surface area contributed by atoms with Crippen LogP contribution in [0.3, 0.4) is 0 Å². The van der Waals surface area contributed by atoms with E-state index in [1.165, 1.54) is 0 Å². The molecule has 5 nitrogen and oxygen atoms in total. The van der Waals surface area contributed by atoms with Gasteiger partial charge in [-0.15, -0.1) is 0 Å². The first kappa shape index (κ1) is 14.5. The normalized spacial score (nSPS) is 16.1. The predicted octanol–water partition coefficient (Wildman–Crippen LogP) is 0.769. The van der Waals surface area contributed by atoms with Crippen molar-refractivity contribution < 1.29 is 9.59 Å². The predicted molar refractivity (Wildman–Crippen MR) is 78.4 cm³/mol. The lowest BCUT2D eigenvalue weighted by atomic mass is 9.88. The van der Waals surface area contributed by atoms with E-state index in [1.807, 2.05) is 31.2 Å². The lowest BCUT2D eigenvalue weighted by molar-refractivity contribution is -0.122. The Morgan fingerprint density at radius 3 is 2.65 bits per heavy atom. The number of nitrogens with one attached hydrogen (secondary N) is 3. The molecule has 1 saturated heterocycles. The zero-order valence-electron chi connectivity index (χ0n) is 11.9. The molecule has 0 bridgehead atoms. The van der Waals surface area contributed by atoms with Crippen molar-refractivity contribution in [3.05, 3.63) is 29.8 Å². The minimum absolute atomic E-state index is 0.0147. The Labute approximate surface area is 119 Å². The second-order valence-corrected chi connectivity index (χ2v) is 5.20. The Morgan fingerprint density at radius 2 is 2.05 bits per heavy atom. The summed E-state index contributed by atoms with van der Waals surface area (Å²) in [5, 5.41) is 8.71. The number of carbonyl (C=O) groups excluding carboxylic acids is 2. The summed E-state index contributed by atoms with van der Waals surface area (Å²) in [7, 11) is 1.61. The van der Waals surface area contributed by atoms with E-state index in [1.54, 1.807) is 7.05 Å². The molecule has 1 aromatic carbocycles. The smallest absolute Gasteiger partial charge is 0.227 e. The number of rotatable bonds is 5. The van der Waals surface area contributed by atoms with Crippen LogP contribution in [0.1, 0.15) is 12.5 Å². The summed E-state index contributed by atoms with van der Waals surface area (Å²) in [6.07, 6.45) is 0.270. The number of amides is 2. The Hall–Kier alpha value is -1.88. The molecule has 0 saturated carbocycles. The molecule has 2 rings (SSSR count). The first-order valence-electron chi connectivity index (χ1n) is 6.92. The molecule has 20 heavy (non-hydrogen) atoms. The molecule has 1 atom stereocenters. The van der Waals surface area contributed by atoms with Gasteiger partial charge in [-0.1, -0.05) is 25.1 Å². The SMILES string of the molecule is CNC(=O)Cc1ccccc1NC(=O)C(C)C1CNC1. The summed E-state index contributed by atoms with van der Waals surface area (Å²) < 4.78 is 0. The van der Waals surface area contributed by atoms with Crippen LogP contribution < -0.4 is 16.0 Å². The van der Waals surface area contributed by atoms with Gasteiger partial charge in [0.2, 0.25) is 11.8 Å². The topological polar surface area (TPSA) is 70.2 Å². The zero-order valence-corrected chi connectivity index (χ0v) is 11.9. The fraction of sp³-hybridized carbons (Fsp3) is 0.467. The van der Waals surface area contributed by atoms with Crippen LogP contribution in [0, 0.1) is 11.8 Å². The second kappa shape index (κ2) is 6.52. The van der Waals surface area contributed by atoms with Crippen LogP contribution in [-0.2, 0) is 16.0 Å². The highest BCUT2D eigenvalue weighted by molar-refractivity contribution is 5.94. The van der Waals surface area contributed by atoms with Crippen LogP contribution in [0.4, 0.5) is 5.69 Å². The molecular formula is C15H21N3O2. The average molecular weight is 275 g/mol. The van der Waals surface area contributed by atoms with Crippen molar-refractivity contribution in [3.8, 4) is 0 Å². The second-order valence-electron chi connectivity index (χ2n) is 5.20. The Balaban J connectivity index is 2.04. The molecule has 2 amide bonds. The fourth-order valence-corrected chi connectivity index (χ4v) is 2.18. The molecule has 0 aliphatic carbocycles. The molecular weight excluding hydrogens is 254 g/mol. The number of para-hydroxylation sites is 1. The van der Waals surface area contributed by atoms with Crippen LogP contribution in [-0.4, -0.2) is 32.0 Å². The summed E-state index contributed by atoms with van der Waals surface area (Å²) in [5.74, 6) is 0.328. The molecule has 1 heterocycles. The summed E-state index contributed by atoms with van der Waals surface area (Å²) in [6, 6.07) is 7.42. The molecule has 0 aromatic heterocycles. The highest BCUT2D eigenvalue weighted by atomic mass is 16.2. The molecule has 1 fully saturated rings. The average Bonchev–Trinajstić information content (AvgIpc) is 2.38. The van der Waals surface area contributed by atoms with E-state index in [2.05, 4.69) is 16.0 Å². The van der Waals surface area contributed by atoms with Gasteiger partial charge in [0.15, 0.2) is 0 Å². The largest absolute Gasteiger partial charge is 0.359 e. The molecule has 1 aliphatic heterocycles. The third-order valence-electron chi connectivity index (χ3n) is 3.84. The molecule has 1 aromatic rings. The lowest BCUT2D eigenvalue weighted by Gasteiger charge is -2.31. The van der Waals surface area contributed by atoms with Gasteiger partial charge >= 0.3 is 0 Å². The quantitative estimate of drug-likeness (QED) is 0.743. The minimum Gasteiger partial charge on any atom is -0.359 e. The van der Waals surface area contributed by atoms with Gasteiger partial charge in [0.25, 0.3) is 0 Å². The zero-order chi connectivity index (χ0) is 14.5. The van der Waals surface area contributed by atoms with Crippen LogP contribution in [0.5, 0.6) is 0 Å². The van der Waals surface area contributed by atoms with E-state index in [0.29, 0.717) is 5.92 Å². The lowest BCUT2D eigenvalue weighted by Crippen LogP contribution is -2.48. The van der Waals surface area contributed by atoms with Crippen LogP contribution in [0.25, 0.3) is 0 Å². The van der Waals surface area contributed by atoms with E-state index in [4.69, 9.17) is 0 Å². The molecule has 1 unspecified atom stereocenters. The molecule has 0 spiro atoms. The maximum absolute atomic E-state index is 12.2. The maximum atomic E-state index is 12.2. The number of anilines is 1. The van der Waals surface area contributed by atoms with Crippen LogP contribution in [0.15, 0.2) is 24.3 Å². The van der Waals surface area contributed by atoms with Crippen molar-refractivity contribution in [2.45, 2.75) is 13.3 Å². The highest BCUT2D eigenvalue weighted by Gasteiger charge is 2.28. The van der Waals surface area contributed by atoms with Gasteiger partial charge in [-0.25, -0.2) is 0 Å². The summed E-state index contributed by atoms with van der Waals surface area (Å²) in [6.45, 7) is 3.74. The van der Waals surface area contributed by atoms with E-state index in [-0.39, 0.29) is 24.2 Å². The standard InChI is InChI=1S/C15H21N3O2/c1-10(12-8-17-9-12)15(20)18-13-6-4-3-5-11(13)7-14(19)16-2/h3-6,10,12,17H,7-9H2,1-2H3,(H,16,19)(H,18,20). The van der Waals surface area contributed by atoms with E-state index >= 15 is 0 Å². The number of hydrogen-bond acceptors (Lipinski definition) is 3. The fourth-order valence-electron chi connectivity index (χ4n) is 2.18. The Morgan fingerprint density at radius 1 is 1.35 bits per heavy atom. The summed E-state index contributed by atoms with van der Waals surface area (Å²) in [4.78, 5) is 23.7. The maximum Gasteiger partial charge on any atom is 0.227 e. The van der Waals surface area contributed by atoms with Gasteiger partial charge in [-0.2, -0.15) is 0 Å². The Bertz CT molecular complexity index is 498. The molecule has 108 valence electrons. The highest BCUT2D eigenvalue weighted by Crippen LogP contribution is 2.21. The van der Waals surface area contributed by atoms with E-state index in [9.17, 15) is 9.59 Å². The van der Waals surface area contributed by atoms with Crippen molar-refractivity contribution in [2.24, 2.45) is 11.8 Å². The van der Waals surface area contributed by atoms with Gasteiger partial charge < -0.3 is 16.0 Å². The van der Waals surface area contributed by atoms with Crippen molar-refractivity contribution in [1.29, 1.82) is 0 Å². The number of hydrogen-bond donors (Lipinski definition) is 3. The third-order valence-corrected chi connectivity index (χ3v) is 3.84. The minimum atomic E-state index is -0.0667. The first-order valence-corrected chi connectivity index (χ1v) is 6.92. The van der Waals surface area contributed by atoms with Gasteiger partial charge in [0.1, 0.15) is 0 Å².